The minimum atomic E-state index is -0.694. The summed E-state index contributed by atoms with van der Waals surface area (Å²) in [6.07, 6.45) is 3.54. The monoisotopic (exact) mass is 499 g/mol. The molecule has 3 aromatic rings. The van der Waals surface area contributed by atoms with Gasteiger partial charge >= 0.3 is 5.97 Å². The van der Waals surface area contributed by atoms with Gasteiger partial charge in [0.2, 0.25) is 0 Å². The van der Waals surface area contributed by atoms with E-state index in [4.69, 9.17) is 9.47 Å². The van der Waals surface area contributed by atoms with Gasteiger partial charge in [0.15, 0.2) is 0 Å². The molecule has 37 heavy (non-hydrogen) atoms. The van der Waals surface area contributed by atoms with Crippen molar-refractivity contribution >= 4 is 11.7 Å². The smallest absolute Gasteiger partial charge is 0.303 e. The molecule has 5 nitrogen and oxygen atoms in total. The molecule has 0 aliphatic heterocycles. The first-order valence-corrected chi connectivity index (χ1v) is 13.2. The fraction of sp³-hybridized carbons (Fsp3) is 0.406. The molecule has 3 aromatic carbocycles. The van der Waals surface area contributed by atoms with E-state index in [1.165, 1.54) is 44.5 Å². The second-order valence-corrected chi connectivity index (χ2v) is 10.8. The molecule has 1 saturated carbocycles. The van der Waals surface area contributed by atoms with E-state index in [2.05, 4.69) is 74.6 Å². The highest BCUT2D eigenvalue weighted by Crippen LogP contribution is 2.64. The second kappa shape index (κ2) is 10.2. The Morgan fingerprint density at radius 3 is 2.49 bits per heavy atom. The normalized spacial score (nSPS) is 17.0. The number of carbonyl (C=O) groups is 1. The van der Waals surface area contributed by atoms with Gasteiger partial charge in [-0.05, 0) is 114 Å². The predicted octanol–water partition coefficient (Wildman–Crippen LogP) is 6.81. The van der Waals surface area contributed by atoms with Crippen molar-refractivity contribution in [2.75, 3.05) is 25.6 Å². The minimum absolute atomic E-state index is 0.163. The Kier molecular flexibility index (Phi) is 7.00. The van der Waals surface area contributed by atoms with Crippen molar-refractivity contribution in [3.05, 3.63) is 81.9 Å². The predicted molar refractivity (Wildman–Crippen MR) is 148 cm³/mol. The summed E-state index contributed by atoms with van der Waals surface area (Å²) >= 11 is 0. The van der Waals surface area contributed by atoms with Crippen molar-refractivity contribution in [3.63, 3.8) is 0 Å². The van der Waals surface area contributed by atoms with Crippen molar-refractivity contribution in [1.29, 1.82) is 0 Å². The summed E-state index contributed by atoms with van der Waals surface area (Å²) in [5.41, 5.74) is 11.3. The van der Waals surface area contributed by atoms with Gasteiger partial charge in [-0.15, -0.1) is 0 Å². The molecule has 0 amide bonds. The van der Waals surface area contributed by atoms with Crippen LogP contribution in [-0.4, -0.2) is 31.4 Å². The van der Waals surface area contributed by atoms with Crippen LogP contribution in [0.15, 0.2) is 48.5 Å². The number of ether oxygens (including phenoxy) is 2. The van der Waals surface area contributed by atoms with E-state index in [0.29, 0.717) is 13.2 Å². The Morgan fingerprint density at radius 2 is 1.81 bits per heavy atom. The van der Waals surface area contributed by atoms with Crippen LogP contribution in [0.4, 0.5) is 5.69 Å². The SMILES string of the molecule is COCCOc1cc(C)c(-c2cccc(CNc3ccc4c(c3)CC3(CC3)C4CC(=O)O)c2C)c(C)c1. The highest BCUT2D eigenvalue weighted by Gasteiger charge is 2.54. The van der Waals surface area contributed by atoms with Crippen LogP contribution in [0.2, 0.25) is 0 Å². The Morgan fingerprint density at radius 1 is 1.05 bits per heavy atom. The molecule has 2 aliphatic carbocycles. The van der Waals surface area contributed by atoms with Gasteiger partial charge in [0.05, 0.1) is 13.0 Å². The number of methoxy groups -OCH3 is 1. The highest BCUT2D eigenvalue weighted by atomic mass is 16.5. The highest BCUT2D eigenvalue weighted by molar-refractivity contribution is 5.75. The molecular formula is C32H37NO4. The van der Waals surface area contributed by atoms with Crippen LogP contribution >= 0.6 is 0 Å². The quantitative estimate of drug-likeness (QED) is 0.300. The van der Waals surface area contributed by atoms with Gasteiger partial charge in [-0.1, -0.05) is 24.3 Å². The van der Waals surface area contributed by atoms with E-state index >= 15 is 0 Å². The summed E-state index contributed by atoms with van der Waals surface area (Å²) in [7, 11) is 1.68. The fourth-order valence-corrected chi connectivity index (χ4v) is 6.25. The van der Waals surface area contributed by atoms with Crippen molar-refractivity contribution < 1.29 is 19.4 Å². The summed E-state index contributed by atoms with van der Waals surface area (Å²) in [4.78, 5) is 11.5. The number of nitrogens with one attached hydrogen (secondary N) is 1. The molecule has 0 heterocycles. The lowest BCUT2D eigenvalue weighted by atomic mass is 9.87. The van der Waals surface area contributed by atoms with Crippen LogP contribution in [-0.2, 0) is 22.5 Å². The van der Waals surface area contributed by atoms with Gasteiger partial charge < -0.3 is 19.9 Å². The summed E-state index contributed by atoms with van der Waals surface area (Å²) in [6, 6.07) is 17.3. The third-order valence-corrected chi connectivity index (χ3v) is 8.33. The van der Waals surface area contributed by atoms with Crippen LogP contribution in [0, 0.1) is 26.2 Å². The lowest BCUT2D eigenvalue weighted by Gasteiger charge is -2.18. The largest absolute Gasteiger partial charge is 0.491 e. The van der Waals surface area contributed by atoms with Gasteiger partial charge in [0.25, 0.3) is 0 Å². The molecule has 1 fully saturated rings. The zero-order chi connectivity index (χ0) is 26.2. The third kappa shape index (κ3) is 5.10. The van der Waals surface area contributed by atoms with E-state index < -0.39 is 5.97 Å². The molecule has 1 unspecified atom stereocenters. The maximum Gasteiger partial charge on any atom is 0.303 e. The number of carboxylic acid groups (broad SMARTS) is 1. The van der Waals surface area contributed by atoms with Gasteiger partial charge in [0.1, 0.15) is 12.4 Å². The van der Waals surface area contributed by atoms with E-state index in [1.54, 1.807) is 7.11 Å². The van der Waals surface area contributed by atoms with Crippen molar-refractivity contribution in [3.8, 4) is 16.9 Å². The van der Waals surface area contributed by atoms with Crippen LogP contribution in [0.3, 0.4) is 0 Å². The second-order valence-electron chi connectivity index (χ2n) is 10.8. The summed E-state index contributed by atoms with van der Waals surface area (Å²) < 4.78 is 11.0. The molecule has 2 N–H and O–H groups in total. The maximum atomic E-state index is 11.5. The average molecular weight is 500 g/mol. The molecule has 1 spiro atoms. The van der Waals surface area contributed by atoms with Crippen molar-refractivity contribution in [2.24, 2.45) is 5.41 Å². The summed E-state index contributed by atoms with van der Waals surface area (Å²) in [5, 5.41) is 13.1. The molecule has 2 aliphatic rings. The summed E-state index contributed by atoms with van der Waals surface area (Å²) in [5.74, 6) is 0.345. The molecule has 5 heteroatoms. The minimum Gasteiger partial charge on any atom is -0.491 e. The van der Waals surface area contributed by atoms with Crippen LogP contribution in [0.5, 0.6) is 5.75 Å². The first-order chi connectivity index (χ1) is 17.8. The Hall–Kier alpha value is -3.31. The third-order valence-electron chi connectivity index (χ3n) is 8.33. The standard InChI is InChI=1S/C32H37NO4/c1-20-14-26(37-13-12-36-4)15-21(2)31(20)27-7-5-6-23(22(27)3)19-33-25-8-9-28-24(16-25)18-32(10-11-32)29(28)17-30(34)35/h5-9,14-16,29,33H,10-13,17-19H2,1-4H3,(H,34,35). The van der Waals surface area contributed by atoms with E-state index in [9.17, 15) is 9.90 Å². The molecule has 194 valence electrons. The average Bonchev–Trinajstić information content (AvgIpc) is 3.56. The number of anilines is 1. The first kappa shape index (κ1) is 25.3. The van der Waals surface area contributed by atoms with Gasteiger partial charge in [-0.25, -0.2) is 0 Å². The van der Waals surface area contributed by atoms with Gasteiger partial charge in [-0.3, -0.25) is 4.79 Å². The number of hydrogen-bond acceptors (Lipinski definition) is 4. The van der Waals surface area contributed by atoms with Crippen molar-refractivity contribution in [2.45, 2.75) is 58.9 Å². The number of rotatable bonds is 10. The zero-order valence-electron chi connectivity index (χ0n) is 22.3. The maximum absolute atomic E-state index is 11.5. The fourth-order valence-electron chi connectivity index (χ4n) is 6.25. The zero-order valence-corrected chi connectivity index (χ0v) is 22.3. The number of benzene rings is 3. The first-order valence-electron chi connectivity index (χ1n) is 13.2. The molecule has 1 atom stereocenters. The lowest BCUT2D eigenvalue weighted by molar-refractivity contribution is -0.137. The number of carboxylic acids is 1. The number of fused-ring (bicyclic) bond motifs is 1. The molecule has 0 saturated heterocycles. The van der Waals surface area contributed by atoms with E-state index in [1.807, 2.05) is 0 Å². The van der Waals surface area contributed by atoms with E-state index in [-0.39, 0.29) is 17.8 Å². The Balaban J connectivity index is 1.33. The molecule has 0 radical (unpaired) electrons. The Labute approximate surface area is 219 Å². The molecular weight excluding hydrogens is 462 g/mol. The molecule has 0 aromatic heterocycles. The number of aryl methyl sites for hydroxylation is 2. The van der Waals surface area contributed by atoms with Gasteiger partial charge in [0, 0.05) is 25.3 Å². The van der Waals surface area contributed by atoms with Crippen LogP contribution < -0.4 is 10.1 Å². The van der Waals surface area contributed by atoms with E-state index in [0.717, 1.165) is 37.2 Å². The Bertz CT molecular complexity index is 1300. The molecule has 0 bridgehead atoms. The topological polar surface area (TPSA) is 67.8 Å². The number of aliphatic carboxylic acids is 1. The number of hydrogen-bond donors (Lipinski definition) is 2. The van der Waals surface area contributed by atoms with Crippen LogP contribution in [0.1, 0.15) is 58.6 Å². The lowest BCUT2D eigenvalue weighted by Crippen LogP contribution is -2.13. The molecule has 5 rings (SSSR count). The summed E-state index contributed by atoms with van der Waals surface area (Å²) in [6.45, 7) is 8.33. The van der Waals surface area contributed by atoms with Gasteiger partial charge in [-0.2, -0.15) is 0 Å². The van der Waals surface area contributed by atoms with Crippen LogP contribution in [0.25, 0.3) is 11.1 Å². The van der Waals surface area contributed by atoms with Crippen molar-refractivity contribution in [1.82, 2.24) is 0 Å².